The van der Waals surface area contributed by atoms with Crippen molar-refractivity contribution in [2.75, 3.05) is 13.1 Å². The van der Waals surface area contributed by atoms with Crippen LogP contribution in [0.25, 0.3) is 0 Å². The van der Waals surface area contributed by atoms with Crippen LogP contribution in [0.3, 0.4) is 0 Å². The summed E-state index contributed by atoms with van der Waals surface area (Å²) in [4.78, 5) is 0.716. The fourth-order valence-corrected chi connectivity index (χ4v) is 5.41. The SMILES string of the molecule is CC1CCN(S(=O)(=O)c2ccc3c(c2)CCC3)CC1Br. The number of hydrogen-bond donors (Lipinski definition) is 0. The second-order valence-corrected chi connectivity index (χ2v) is 9.04. The molecule has 0 N–H and O–H groups in total. The predicted molar refractivity (Wildman–Crippen MR) is 83.7 cm³/mol. The van der Waals surface area contributed by atoms with Crippen molar-refractivity contribution in [3.05, 3.63) is 29.3 Å². The van der Waals surface area contributed by atoms with Crippen LogP contribution in [0.1, 0.15) is 30.9 Å². The average molecular weight is 358 g/mol. The Labute approximate surface area is 129 Å². The molecular weight excluding hydrogens is 338 g/mol. The fourth-order valence-electron chi connectivity index (χ4n) is 3.07. The molecule has 1 aromatic carbocycles. The zero-order chi connectivity index (χ0) is 14.3. The first-order chi connectivity index (χ1) is 9.48. The van der Waals surface area contributed by atoms with Crippen molar-refractivity contribution in [2.24, 2.45) is 5.92 Å². The van der Waals surface area contributed by atoms with Crippen molar-refractivity contribution < 1.29 is 8.42 Å². The lowest BCUT2D eigenvalue weighted by atomic mass is 10.0. The largest absolute Gasteiger partial charge is 0.243 e. The number of aryl methyl sites for hydroxylation is 2. The number of sulfonamides is 1. The van der Waals surface area contributed by atoms with Crippen molar-refractivity contribution in [1.82, 2.24) is 4.31 Å². The molecule has 1 fully saturated rings. The van der Waals surface area contributed by atoms with E-state index in [4.69, 9.17) is 0 Å². The summed E-state index contributed by atoms with van der Waals surface area (Å²) in [6.07, 6.45) is 4.15. The van der Waals surface area contributed by atoms with Gasteiger partial charge in [-0.2, -0.15) is 4.31 Å². The highest BCUT2D eigenvalue weighted by Crippen LogP contribution is 2.30. The number of benzene rings is 1. The minimum Gasteiger partial charge on any atom is -0.207 e. The van der Waals surface area contributed by atoms with E-state index in [1.807, 2.05) is 12.1 Å². The molecule has 20 heavy (non-hydrogen) atoms. The Balaban J connectivity index is 1.88. The molecule has 0 aromatic heterocycles. The Kier molecular flexibility index (Phi) is 3.95. The summed E-state index contributed by atoms with van der Waals surface area (Å²) in [6, 6.07) is 5.66. The summed E-state index contributed by atoms with van der Waals surface area (Å²) >= 11 is 3.60. The highest BCUT2D eigenvalue weighted by molar-refractivity contribution is 9.09. The van der Waals surface area contributed by atoms with Crippen LogP contribution >= 0.6 is 15.9 Å². The average Bonchev–Trinajstić information content (AvgIpc) is 2.89. The fraction of sp³-hybridized carbons (Fsp3) is 0.600. The molecule has 0 amide bonds. The van der Waals surface area contributed by atoms with E-state index in [0.29, 0.717) is 23.9 Å². The molecule has 0 bridgehead atoms. The number of nitrogens with zero attached hydrogens (tertiary/aromatic N) is 1. The van der Waals surface area contributed by atoms with E-state index in [9.17, 15) is 8.42 Å². The van der Waals surface area contributed by atoms with E-state index in [0.717, 1.165) is 25.7 Å². The van der Waals surface area contributed by atoms with Crippen molar-refractivity contribution in [2.45, 2.75) is 42.3 Å². The van der Waals surface area contributed by atoms with Crippen molar-refractivity contribution in [3.8, 4) is 0 Å². The minimum atomic E-state index is -3.34. The smallest absolute Gasteiger partial charge is 0.207 e. The molecule has 1 aromatic rings. The van der Waals surface area contributed by atoms with Crippen LogP contribution in [-0.2, 0) is 22.9 Å². The third-order valence-corrected chi connectivity index (χ3v) is 7.59. The first kappa shape index (κ1) is 14.5. The molecule has 1 aliphatic heterocycles. The molecule has 1 saturated heterocycles. The summed E-state index contributed by atoms with van der Waals surface area (Å²) in [5.41, 5.74) is 2.53. The molecule has 110 valence electrons. The van der Waals surface area contributed by atoms with Gasteiger partial charge in [0.25, 0.3) is 0 Å². The molecule has 1 aliphatic carbocycles. The normalized spacial score (nSPS) is 27.5. The van der Waals surface area contributed by atoms with Gasteiger partial charge in [-0.25, -0.2) is 8.42 Å². The summed E-state index contributed by atoms with van der Waals surface area (Å²) in [5.74, 6) is 0.529. The standard InChI is InChI=1S/C15H20BrNO2S/c1-11-7-8-17(10-15(11)16)20(18,19)14-6-5-12-3-2-4-13(12)9-14/h5-6,9,11,15H,2-4,7-8,10H2,1H3. The summed E-state index contributed by atoms with van der Waals surface area (Å²) in [5, 5.41) is 0. The van der Waals surface area contributed by atoms with Crippen LogP contribution in [0.15, 0.2) is 23.1 Å². The maximum atomic E-state index is 12.7. The predicted octanol–water partition coefficient (Wildman–Crippen LogP) is 2.97. The van der Waals surface area contributed by atoms with E-state index in [1.54, 1.807) is 10.4 Å². The van der Waals surface area contributed by atoms with E-state index < -0.39 is 10.0 Å². The zero-order valence-electron chi connectivity index (χ0n) is 11.7. The molecule has 3 nitrogen and oxygen atoms in total. The lowest BCUT2D eigenvalue weighted by Crippen LogP contribution is -2.43. The Bertz CT molecular complexity index is 614. The third-order valence-electron chi connectivity index (χ3n) is 4.54. The van der Waals surface area contributed by atoms with Gasteiger partial charge in [0, 0.05) is 17.9 Å². The van der Waals surface area contributed by atoms with Gasteiger partial charge in [-0.05, 0) is 54.9 Å². The number of piperidine rings is 1. The van der Waals surface area contributed by atoms with E-state index in [1.165, 1.54) is 11.1 Å². The van der Waals surface area contributed by atoms with Crippen LogP contribution in [0.2, 0.25) is 0 Å². The van der Waals surface area contributed by atoms with Crippen LogP contribution in [0, 0.1) is 5.92 Å². The molecule has 2 aliphatic rings. The molecule has 0 spiro atoms. The lowest BCUT2D eigenvalue weighted by molar-refractivity contribution is 0.300. The first-order valence-electron chi connectivity index (χ1n) is 7.24. The molecular formula is C15H20BrNO2S. The van der Waals surface area contributed by atoms with Crippen molar-refractivity contribution in [1.29, 1.82) is 0 Å². The topological polar surface area (TPSA) is 37.4 Å². The van der Waals surface area contributed by atoms with Gasteiger partial charge in [-0.15, -0.1) is 0 Å². The minimum absolute atomic E-state index is 0.250. The van der Waals surface area contributed by atoms with Crippen LogP contribution < -0.4 is 0 Å². The molecule has 0 radical (unpaired) electrons. The van der Waals surface area contributed by atoms with Gasteiger partial charge < -0.3 is 0 Å². The number of halogens is 1. The molecule has 5 heteroatoms. The second kappa shape index (κ2) is 5.43. The lowest BCUT2D eigenvalue weighted by Gasteiger charge is -2.33. The van der Waals surface area contributed by atoms with E-state index >= 15 is 0 Å². The van der Waals surface area contributed by atoms with Crippen molar-refractivity contribution in [3.63, 3.8) is 0 Å². The van der Waals surface area contributed by atoms with Crippen LogP contribution in [0.4, 0.5) is 0 Å². The molecule has 2 unspecified atom stereocenters. The van der Waals surface area contributed by atoms with Gasteiger partial charge in [0.1, 0.15) is 0 Å². The highest BCUT2D eigenvalue weighted by Gasteiger charge is 2.32. The van der Waals surface area contributed by atoms with E-state index in [2.05, 4.69) is 22.9 Å². The van der Waals surface area contributed by atoms with Gasteiger partial charge >= 0.3 is 0 Å². The van der Waals surface area contributed by atoms with E-state index in [-0.39, 0.29) is 4.83 Å². The second-order valence-electron chi connectivity index (χ2n) is 5.93. The number of alkyl halides is 1. The van der Waals surface area contributed by atoms with Gasteiger partial charge in [-0.3, -0.25) is 0 Å². The zero-order valence-corrected chi connectivity index (χ0v) is 14.1. The first-order valence-corrected chi connectivity index (χ1v) is 9.60. The Morgan fingerprint density at radius 3 is 2.75 bits per heavy atom. The summed E-state index contributed by atoms with van der Waals surface area (Å²) in [7, 11) is -3.34. The molecule has 1 heterocycles. The summed E-state index contributed by atoms with van der Waals surface area (Å²) < 4.78 is 27.1. The Morgan fingerprint density at radius 2 is 2.00 bits per heavy atom. The Morgan fingerprint density at radius 1 is 1.25 bits per heavy atom. The number of fused-ring (bicyclic) bond motifs is 1. The van der Waals surface area contributed by atoms with Gasteiger partial charge in [0.2, 0.25) is 10.0 Å². The van der Waals surface area contributed by atoms with Gasteiger partial charge in [0.15, 0.2) is 0 Å². The maximum absolute atomic E-state index is 12.7. The molecule has 0 saturated carbocycles. The Hall–Kier alpha value is -0.390. The van der Waals surface area contributed by atoms with Crippen LogP contribution in [0.5, 0.6) is 0 Å². The monoisotopic (exact) mass is 357 g/mol. The van der Waals surface area contributed by atoms with Gasteiger partial charge in [-0.1, -0.05) is 28.9 Å². The molecule has 3 rings (SSSR count). The number of hydrogen-bond acceptors (Lipinski definition) is 2. The number of rotatable bonds is 2. The third kappa shape index (κ3) is 2.55. The maximum Gasteiger partial charge on any atom is 0.243 e. The summed E-state index contributed by atoms with van der Waals surface area (Å²) in [6.45, 7) is 3.36. The van der Waals surface area contributed by atoms with Gasteiger partial charge in [0.05, 0.1) is 4.90 Å². The quantitative estimate of drug-likeness (QED) is 0.763. The van der Waals surface area contributed by atoms with Crippen molar-refractivity contribution >= 4 is 26.0 Å². The highest BCUT2D eigenvalue weighted by atomic mass is 79.9. The molecule has 2 atom stereocenters. The van der Waals surface area contributed by atoms with Crippen LogP contribution in [-0.4, -0.2) is 30.6 Å².